The lowest BCUT2D eigenvalue weighted by Crippen LogP contribution is -2.53. The van der Waals surface area contributed by atoms with Gasteiger partial charge in [-0.15, -0.1) is 0 Å². The summed E-state index contributed by atoms with van der Waals surface area (Å²) in [4.78, 5) is 9.51. The van der Waals surface area contributed by atoms with Gasteiger partial charge < -0.3 is 13.3 Å². The highest BCUT2D eigenvalue weighted by molar-refractivity contribution is 7.51. The van der Waals surface area contributed by atoms with Crippen LogP contribution in [0.2, 0.25) is 38.8 Å². The number of hydrogen-bond donors (Lipinski definition) is 1. The molecule has 0 spiro atoms. The van der Waals surface area contributed by atoms with Crippen molar-refractivity contribution in [1.29, 1.82) is 0 Å². The first kappa shape index (κ1) is 22.1. The molecule has 134 valence electrons. The minimum absolute atomic E-state index is 0.936. The predicted molar refractivity (Wildman–Crippen MR) is 73.5 cm³/mol. The quantitative estimate of drug-likeness (QED) is 0.388. The summed E-state index contributed by atoms with van der Waals surface area (Å²) in [6.07, 6.45) is -10.2. The molecule has 0 aromatic heterocycles. The predicted octanol–water partition coefficient (Wildman–Crippen LogP) is 4.70. The van der Waals surface area contributed by atoms with Crippen LogP contribution in [-0.4, -0.2) is 39.8 Å². The molecule has 0 amide bonds. The van der Waals surface area contributed by atoms with Gasteiger partial charge in [-0.3, -0.25) is 0 Å². The molecule has 0 aliphatic carbocycles. The van der Waals surface area contributed by atoms with Crippen molar-refractivity contribution in [2.24, 2.45) is 0 Å². The molecule has 4 nitrogen and oxygen atoms in total. The van der Waals surface area contributed by atoms with Crippen molar-refractivity contribution in [2.45, 2.75) is 57.0 Å². The largest absolute Gasteiger partial charge is 0.452 e. The molecule has 0 saturated heterocycles. The van der Waals surface area contributed by atoms with Gasteiger partial charge >= 0.3 is 14.0 Å². The minimum atomic E-state index is -5.83. The van der Waals surface area contributed by atoms with Gasteiger partial charge in [0.15, 0.2) is 8.32 Å². The van der Waals surface area contributed by atoms with Gasteiger partial charge in [0.25, 0.3) is 12.1 Å². The monoisotopic (exact) mass is 392 g/mol. The van der Waals surface area contributed by atoms with E-state index in [0.29, 0.717) is 0 Å². The van der Waals surface area contributed by atoms with Crippen LogP contribution >= 0.6 is 7.82 Å². The van der Waals surface area contributed by atoms with Crippen molar-refractivity contribution in [3.8, 4) is 0 Å². The van der Waals surface area contributed by atoms with Crippen molar-refractivity contribution in [2.75, 3.05) is 0 Å². The van der Waals surface area contributed by atoms with Crippen LogP contribution in [-0.2, 0) is 13.0 Å². The molecule has 0 heterocycles. The van der Waals surface area contributed by atoms with Crippen LogP contribution in [0.5, 0.6) is 0 Å². The zero-order chi connectivity index (χ0) is 18.2. The third-order valence-electron chi connectivity index (χ3n) is 2.25. The lowest BCUT2D eigenvalue weighted by atomic mass is 10.1. The third kappa shape index (κ3) is 6.71. The molecule has 0 aliphatic rings. The molecular formula is C9H19F6O4PSi2. The summed E-state index contributed by atoms with van der Waals surface area (Å²) in [5.74, 6) is 0. The van der Waals surface area contributed by atoms with Crippen LogP contribution in [0, 0.1) is 0 Å². The first-order valence-electron chi connectivity index (χ1n) is 6.09. The number of rotatable bonds is 7. The SMILES string of the molecule is C[Si](C)(C)OP(=O)(O)O[Si](C)(C)CC(F)(C(F)F)C(F)(F)F. The summed E-state index contributed by atoms with van der Waals surface area (Å²) in [7, 11) is -11.3. The van der Waals surface area contributed by atoms with Crippen molar-refractivity contribution in [3.05, 3.63) is 0 Å². The topological polar surface area (TPSA) is 55.8 Å². The van der Waals surface area contributed by atoms with Crippen LogP contribution in [0.15, 0.2) is 0 Å². The zero-order valence-corrected chi connectivity index (χ0v) is 15.6. The Morgan fingerprint density at radius 3 is 1.73 bits per heavy atom. The lowest BCUT2D eigenvalue weighted by molar-refractivity contribution is -0.261. The van der Waals surface area contributed by atoms with Crippen molar-refractivity contribution in [3.63, 3.8) is 0 Å². The molecule has 0 saturated carbocycles. The van der Waals surface area contributed by atoms with Gasteiger partial charge in [0, 0.05) is 6.04 Å². The molecule has 0 bridgehead atoms. The first-order valence-corrected chi connectivity index (χ1v) is 14.1. The Morgan fingerprint density at radius 1 is 1.05 bits per heavy atom. The van der Waals surface area contributed by atoms with Crippen LogP contribution in [0.4, 0.5) is 26.3 Å². The van der Waals surface area contributed by atoms with E-state index in [4.69, 9.17) is 4.21 Å². The average molecular weight is 392 g/mol. The van der Waals surface area contributed by atoms with Crippen molar-refractivity contribution < 1.29 is 44.2 Å². The highest BCUT2D eigenvalue weighted by Crippen LogP contribution is 2.52. The van der Waals surface area contributed by atoms with E-state index in [-0.39, 0.29) is 0 Å². The van der Waals surface area contributed by atoms with Gasteiger partial charge in [-0.2, -0.15) is 13.2 Å². The number of phosphoric acid groups is 1. The second kappa shape index (κ2) is 6.56. The van der Waals surface area contributed by atoms with E-state index in [2.05, 4.69) is 4.21 Å². The van der Waals surface area contributed by atoms with Crippen molar-refractivity contribution >= 4 is 24.5 Å². The molecule has 1 N–H and O–H groups in total. The van der Waals surface area contributed by atoms with E-state index in [0.717, 1.165) is 13.1 Å². The second-order valence-corrected chi connectivity index (χ2v) is 16.9. The van der Waals surface area contributed by atoms with E-state index in [9.17, 15) is 35.8 Å². The number of halogens is 6. The summed E-state index contributed by atoms with van der Waals surface area (Å²) < 4.78 is 97.6. The van der Waals surface area contributed by atoms with E-state index in [1.165, 1.54) is 19.6 Å². The van der Waals surface area contributed by atoms with Gasteiger partial charge in [-0.05, 0) is 32.7 Å². The van der Waals surface area contributed by atoms with Crippen LogP contribution in [0.3, 0.4) is 0 Å². The van der Waals surface area contributed by atoms with E-state index < -0.39 is 48.8 Å². The second-order valence-electron chi connectivity index (χ2n) is 6.36. The van der Waals surface area contributed by atoms with Crippen LogP contribution < -0.4 is 0 Å². The molecule has 0 rings (SSSR count). The molecule has 2 unspecified atom stereocenters. The fraction of sp³-hybridized carbons (Fsp3) is 1.00. The molecule has 0 aliphatic heterocycles. The Bertz CT molecular complexity index is 439. The highest BCUT2D eigenvalue weighted by Gasteiger charge is 2.65. The Morgan fingerprint density at radius 2 is 1.45 bits per heavy atom. The number of hydrogen-bond acceptors (Lipinski definition) is 3. The molecule has 0 aromatic rings. The summed E-state index contributed by atoms with van der Waals surface area (Å²) in [6.45, 7) is 6.42. The average Bonchev–Trinajstić information content (AvgIpc) is 2.06. The summed E-state index contributed by atoms with van der Waals surface area (Å²) in [5, 5.41) is 0. The van der Waals surface area contributed by atoms with Gasteiger partial charge in [0.1, 0.15) is 0 Å². The third-order valence-corrected chi connectivity index (χ3v) is 9.63. The van der Waals surface area contributed by atoms with Crippen molar-refractivity contribution in [1.82, 2.24) is 0 Å². The van der Waals surface area contributed by atoms with Crippen LogP contribution in [0.1, 0.15) is 0 Å². The van der Waals surface area contributed by atoms with E-state index >= 15 is 0 Å². The van der Waals surface area contributed by atoms with Crippen LogP contribution in [0.25, 0.3) is 0 Å². The smallest absolute Gasteiger partial charge is 0.331 e. The minimum Gasteiger partial charge on any atom is -0.331 e. The van der Waals surface area contributed by atoms with Gasteiger partial charge in [-0.1, -0.05) is 0 Å². The molecule has 0 aromatic carbocycles. The highest BCUT2D eigenvalue weighted by atomic mass is 31.2. The molecule has 2 atom stereocenters. The normalized spacial score (nSPS) is 19.9. The Balaban J connectivity index is 5.29. The van der Waals surface area contributed by atoms with Gasteiger partial charge in [0.05, 0.1) is 0 Å². The summed E-state index contributed by atoms with van der Waals surface area (Å²) >= 11 is 0. The standard InChI is InChI=1S/C9H19F6O4PSi2/c1-21(2,3)18-20(16,17)19-22(4,5)6-8(12,7(10)11)9(13,14)15/h7H,6H2,1-5H3,(H,16,17). The maximum atomic E-state index is 13.7. The maximum absolute atomic E-state index is 13.7. The van der Waals surface area contributed by atoms with E-state index in [1.807, 2.05) is 0 Å². The fourth-order valence-electron chi connectivity index (χ4n) is 1.63. The summed E-state index contributed by atoms with van der Waals surface area (Å²) in [6, 6.07) is -1.72. The lowest BCUT2D eigenvalue weighted by Gasteiger charge is -2.35. The van der Waals surface area contributed by atoms with E-state index in [1.54, 1.807) is 0 Å². The molecule has 0 radical (unpaired) electrons. The Kier molecular flexibility index (Phi) is 6.59. The number of alkyl halides is 6. The Hall–Kier alpha value is 0.124. The van der Waals surface area contributed by atoms with Gasteiger partial charge in [-0.25, -0.2) is 17.7 Å². The fourth-order valence-corrected chi connectivity index (χ4v) is 9.23. The maximum Gasteiger partial charge on any atom is 0.452 e. The van der Waals surface area contributed by atoms with Gasteiger partial charge in [0.2, 0.25) is 8.32 Å². The summed E-state index contributed by atoms with van der Waals surface area (Å²) in [5.41, 5.74) is -4.80. The molecule has 0 fully saturated rings. The molecular weight excluding hydrogens is 373 g/mol. The molecule has 22 heavy (non-hydrogen) atoms. The molecule has 13 heteroatoms. The zero-order valence-electron chi connectivity index (χ0n) is 12.7. The first-order chi connectivity index (χ1) is 9.31. The Labute approximate surface area is 126 Å².